The fourth-order valence-corrected chi connectivity index (χ4v) is 2.41. The summed E-state index contributed by atoms with van der Waals surface area (Å²) in [5.41, 5.74) is 7.75. The molecule has 0 atom stereocenters. The third-order valence-electron chi connectivity index (χ3n) is 3.46. The summed E-state index contributed by atoms with van der Waals surface area (Å²) in [6.45, 7) is 3.74. The Morgan fingerprint density at radius 1 is 1.16 bits per heavy atom. The van der Waals surface area contributed by atoms with Crippen molar-refractivity contribution in [2.45, 2.75) is 25.9 Å². The Balaban J connectivity index is 1.70. The molecule has 2 aromatic rings. The first-order chi connectivity index (χ1) is 9.35. The van der Waals surface area contributed by atoms with Gasteiger partial charge in [0.2, 0.25) is 11.7 Å². The van der Waals surface area contributed by atoms with Crippen LogP contribution in [0.2, 0.25) is 0 Å². The first-order valence-corrected chi connectivity index (χ1v) is 6.69. The summed E-state index contributed by atoms with van der Waals surface area (Å²) in [5, 5.41) is 3.91. The van der Waals surface area contributed by atoms with Crippen LogP contribution >= 0.6 is 0 Å². The zero-order valence-electron chi connectivity index (χ0n) is 10.9. The Kier molecular flexibility index (Phi) is 3.57. The summed E-state index contributed by atoms with van der Waals surface area (Å²) in [6, 6.07) is 8.34. The van der Waals surface area contributed by atoms with Crippen molar-refractivity contribution in [1.82, 2.24) is 15.0 Å². The molecular formula is C14H18N4O. The quantitative estimate of drug-likeness (QED) is 0.905. The maximum Gasteiger partial charge on any atom is 0.240 e. The fraction of sp³-hybridized carbons (Fsp3) is 0.429. The minimum atomic E-state index is 0.278. The molecule has 1 aromatic heterocycles. The molecule has 100 valence electrons. The molecule has 5 heteroatoms. The highest BCUT2D eigenvalue weighted by Gasteiger charge is 2.12. The zero-order chi connectivity index (χ0) is 13.1. The zero-order valence-corrected chi connectivity index (χ0v) is 10.9. The second-order valence-electron chi connectivity index (χ2n) is 4.90. The summed E-state index contributed by atoms with van der Waals surface area (Å²) in [4.78, 5) is 6.70. The maximum absolute atomic E-state index is 5.45. The molecule has 0 radical (unpaired) electrons. The first kappa shape index (κ1) is 12.3. The van der Waals surface area contributed by atoms with E-state index in [9.17, 15) is 0 Å². The molecule has 1 saturated heterocycles. The average Bonchev–Trinajstić information content (AvgIpc) is 3.10. The van der Waals surface area contributed by atoms with E-state index < -0.39 is 0 Å². The second-order valence-corrected chi connectivity index (χ2v) is 4.90. The Morgan fingerprint density at radius 2 is 1.89 bits per heavy atom. The molecule has 0 spiro atoms. The van der Waals surface area contributed by atoms with E-state index in [-0.39, 0.29) is 6.54 Å². The second kappa shape index (κ2) is 5.50. The smallest absolute Gasteiger partial charge is 0.240 e. The molecule has 19 heavy (non-hydrogen) atoms. The summed E-state index contributed by atoms with van der Waals surface area (Å²) in [6.07, 6.45) is 2.64. The monoisotopic (exact) mass is 258 g/mol. The van der Waals surface area contributed by atoms with Gasteiger partial charge in [0.05, 0.1) is 6.54 Å². The third kappa shape index (κ3) is 2.83. The van der Waals surface area contributed by atoms with Gasteiger partial charge in [-0.05, 0) is 31.5 Å². The van der Waals surface area contributed by atoms with Crippen molar-refractivity contribution >= 4 is 0 Å². The van der Waals surface area contributed by atoms with Crippen LogP contribution in [-0.2, 0) is 13.1 Å². The highest BCUT2D eigenvalue weighted by molar-refractivity contribution is 5.54. The number of nitrogens with zero attached hydrogens (tertiary/aromatic N) is 3. The molecule has 0 unspecified atom stereocenters. The average molecular weight is 258 g/mol. The lowest BCUT2D eigenvalue weighted by Crippen LogP contribution is -2.18. The van der Waals surface area contributed by atoms with Crippen molar-refractivity contribution in [1.29, 1.82) is 0 Å². The summed E-state index contributed by atoms with van der Waals surface area (Å²) in [7, 11) is 0. The number of benzene rings is 1. The van der Waals surface area contributed by atoms with E-state index in [0.717, 1.165) is 12.1 Å². The number of hydrogen-bond donors (Lipinski definition) is 1. The lowest BCUT2D eigenvalue weighted by molar-refractivity contribution is 0.331. The van der Waals surface area contributed by atoms with Crippen molar-refractivity contribution in [3.8, 4) is 11.4 Å². The molecule has 0 amide bonds. The highest BCUT2D eigenvalue weighted by atomic mass is 16.5. The molecule has 0 saturated carbocycles. The van der Waals surface area contributed by atoms with Gasteiger partial charge >= 0.3 is 0 Å². The van der Waals surface area contributed by atoms with E-state index in [0.29, 0.717) is 11.7 Å². The summed E-state index contributed by atoms with van der Waals surface area (Å²) in [5.74, 6) is 1.07. The van der Waals surface area contributed by atoms with Gasteiger partial charge in [-0.25, -0.2) is 0 Å². The third-order valence-corrected chi connectivity index (χ3v) is 3.46. The number of aromatic nitrogens is 2. The summed E-state index contributed by atoms with van der Waals surface area (Å²) < 4.78 is 5.01. The van der Waals surface area contributed by atoms with Crippen LogP contribution in [0.15, 0.2) is 28.8 Å². The normalized spacial score (nSPS) is 16.1. The van der Waals surface area contributed by atoms with Crippen LogP contribution < -0.4 is 5.73 Å². The predicted octanol–water partition coefficient (Wildman–Crippen LogP) is 1.79. The topological polar surface area (TPSA) is 68.2 Å². The van der Waals surface area contributed by atoms with Gasteiger partial charge in [-0.1, -0.05) is 29.4 Å². The van der Waals surface area contributed by atoms with Gasteiger partial charge in [-0.3, -0.25) is 4.90 Å². The first-order valence-electron chi connectivity index (χ1n) is 6.69. The minimum Gasteiger partial charge on any atom is -0.338 e. The SMILES string of the molecule is NCc1nc(-c2ccc(CN3CCCC3)cc2)no1. The van der Waals surface area contributed by atoms with Gasteiger partial charge in [0, 0.05) is 12.1 Å². The fourth-order valence-electron chi connectivity index (χ4n) is 2.41. The van der Waals surface area contributed by atoms with Crippen LogP contribution in [-0.4, -0.2) is 28.1 Å². The van der Waals surface area contributed by atoms with Gasteiger partial charge in [0.15, 0.2) is 0 Å². The molecule has 0 aliphatic carbocycles. The molecule has 2 heterocycles. The van der Waals surface area contributed by atoms with Gasteiger partial charge in [-0.15, -0.1) is 0 Å². The van der Waals surface area contributed by atoms with E-state index in [2.05, 4.69) is 27.2 Å². The van der Waals surface area contributed by atoms with Crippen LogP contribution in [0, 0.1) is 0 Å². The summed E-state index contributed by atoms with van der Waals surface area (Å²) >= 11 is 0. The van der Waals surface area contributed by atoms with Gasteiger partial charge in [-0.2, -0.15) is 4.98 Å². The Bertz CT molecular complexity index is 529. The number of rotatable bonds is 4. The van der Waals surface area contributed by atoms with Gasteiger partial charge in [0.25, 0.3) is 0 Å². The predicted molar refractivity (Wildman–Crippen MR) is 72.1 cm³/mol. The van der Waals surface area contributed by atoms with E-state index in [1.807, 2.05) is 12.1 Å². The molecular weight excluding hydrogens is 240 g/mol. The van der Waals surface area contributed by atoms with E-state index in [1.54, 1.807) is 0 Å². The van der Waals surface area contributed by atoms with Crippen LogP contribution in [0.5, 0.6) is 0 Å². The molecule has 0 bridgehead atoms. The minimum absolute atomic E-state index is 0.278. The van der Waals surface area contributed by atoms with Crippen LogP contribution in [0.4, 0.5) is 0 Å². The highest BCUT2D eigenvalue weighted by Crippen LogP contribution is 2.18. The molecule has 3 rings (SSSR count). The Labute approximate surface area is 112 Å². The molecule has 1 fully saturated rings. The lowest BCUT2D eigenvalue weighted by atomic mass is 10.1. The standard InChI is InChI=1S/C14H18N4O/c15-9-13-16-14(17-19-13)12-5-3-11(4-6-12)10-18-7-1-2-8-18/h3-6H,1-2,7-10,15H2. The Morgan fingerprint density at radius 3 is 2.53 bits per heavy atom. The van der Waals surface area contributed by atoms with Gasteiger partial charge < -0.3 is 10.3 Å². The van der Waals surface area contributed by atoms with Crippen molar-refractivity contribution in [3.05, 3.63) is 35.7 Å². The molecule has 2 N–H and O–H groups in total. The van der Waals surface area contributed by atoms with Crippen molar-refractivity contribution in [2.24, 2.45) is 5.73 Å². The number of hydrogen-bond acceptors (Lipinski definition) is 5. The van der Waals surface area contributed by atoms with Crippen LogP contribution in [0.25, 0.3) is 11.4 Å². The largest absolute Gasteiger partial charge is 0.338 e. The molecule has 5 nitrogen and oxygen atoms in total. The Hall–Kier alpha value is -1.72. The van der Waals surface area contributed by atoms with Crippen molar-refractivity contribution in [3.63, 3.8) is 0 Å². The number of likely N-dealkylation sites (tertiary alicyclic amines) is 1. The van der Waals surface area contributed by atoms with E-state index in [4.69, 9.17) is 10.3 Å². The van der Waals surface area contributed by atoms with Crippen LogP contribution in [0.1, 0.15) is 24.3 Å². The molecule has 1 aliphatic heterocycles. The van der Waals surface area contributed by atoms with Crippen LogP contribution in [0.3, 0.4) is 0 Å². The van der Waals surface area contributed by atoms with E-state index >= 15 is 0 Å². The van der Waals surface area contributed by atoms with Gasteiger partial charge in [0.1, 0.15) is 0 Å². The van der Waals surface area contributed by atoms with Crippen molar-refractivity contribution < 1.29 is 4.52 Å². The molecule has 1 aromatic carbocycles. The lowest BCUT2D eigenvalue weighted by Gasteiger charge is -2.14. The molecule has 1 aliphatic rings. The van der Waals surface area contributed by atoms with E-state index in [1.165, 1.54) is 31.5 Å². The number of nitrogens with two attached hydrogens (primary N) is 1. The van der Waals surface area contributed by atoms with Crippen molar-refractivity contribution in [2.75, 3.05) is 13.1 Å². The maximum atomic E-state index is 5.45.